The first-order chi connectivity index (χ1) is 12.6. The molecule has 2 aliphatic rings. The van der Waals surface area contributed by atoms with Gasteiger partial charge in [-0.1, -0.05) is 17.7 Å². The van der Waals surface area contributed by atoms with Crippen molar-refractivity contribution in [2.75, 3.05) is 0 Å². The van der Waals surface area contributed by atoms with Crippen LogP contribution in [0.15, 0.2) is 29.2 Å². The van der Waals surface area contributed by atoms with E-state index >= 15 is 0 Å². The Hall–Kier alpha value is -1.64. The van der Waals surface area contributed by atoms with E-state index in [1.54, 1.807) is 0 Å². The van der Waals surface area contributed by atoms with Crippen LogP contribution in [0.25, 0.3) is 0 Å². The van der Waals surface area contributed by atoms with Gasteiger partial charge < -0.3 is 5.11 Å². The molecule has 0 saturated heterocycles. The zero-order valence-electron chi connectivity index (χ0n) is 13.6. The van der Waals surface area contributed by atoms with Crippen LogP contribution in [0.1, 0.15) is 47.1 Å². The predicted molar refractivity (Wildman–Crippen MR) is 89.7 cm³/mol. The van der Waals surface area contributed by atoms with Crippen LogP contribution in [0.2, 0.25) is 5.02 Å². The molecule has 1 N–H and O–H groups in total. The van der Waals surface area contributed by atoms with Gasteiger partial charge in [-0.15, -0.1) is 0 Å². The Morgan fingerprint density at radius 1 is 1.15 bits per heavy atom. The summed E-state index contributed by atoms with van der Waals surface area (Å²) in [6.45, 7) is 0. The minimum absolute atomic E-state index is 0.214. The smallest absolute Gasteiger partial charge is 0.379 e. The molecule has 1 aliphatic carbocycles. The van der Waals surface area contributed by atoms with Crippen LogP contribution < -0.4 is 0 Å². The summed E-state index contributed by atoms with van der Waals surface area (Å²) in [4.78, 5) is -0.732. The number of aryl methyl sites for hydroxylation is 1. The lowest BCUT2D eigenvalue weighted by molar-refractivity contribution is -0.0375. The monoisotopic (exact) mass is 420 g/mol. The van der Waals surface area contributed by atoms with Crippen LogP contribution in [0, 0.1) is 11.6 Å². The second kappa shape index (κ2) is 5.93. The van der Waals surface area contributed by atoms with E-state index in [1.165, 1.54) is 12.1 Å². The lowest BCUT2D eigenvalue weighted by Crippen LogP contribution is -2.28. The number of rotatable bonds is 1. The Morgan fingerprint density at radius 3 is 2.56 bits per heavy atom. The van der Waals surface area contributed by atoms with E-state index in [1.807, 2.05) is 0 Å². The van der Waals surface area contributed by atoms with E-state index in [0.717, 1.165) is 12.1 Å². The van der Waals surface area contributed by atoms with E-state index in [4.69, 9.17) is 11.6 Å². The van der Waals surface area contributed by atoms with Crippen LogP contribution in [0.5, 0.6) is 0 Å². The number of hydrogen-bond donors (Lipinski definition) is 1. The highest BCUT2D eigenvalue weighted by atomic mass is 35.5. The molecule has 0 spiro atoms. The lowest BCUT2D eigenvalue weighted by atomic mass is 9.78. The first-order valence-electron chi connectivity index (χ1n) is 8.18. The number of hydrogen-bond acceptors (Lipinski definition) is 3. The molecule has 0 radical (unpaired) electrons. The number of fused-ring (bicyclic) bond motifs is 2. The topological polar surface area (TPSA) is 54.4 Å². The minimum Gasteiger partial charge on any atom is -0.381 e. The van der Waals surface area contributed by atoms with Crippen molar-refractivity contribution < 1.29 is 31.1 Å². The van der Waals surface area contributed by atoms with Gasteiger partial charge in [-0.3, -0.25) is 0 Å². The Labute approximate surface area is 157 Å². The Balaban J connectivity index is 1.93. The molecule has 0 amide bonds. The molecule has 0 saturated carbocycles. The van der Waals surface area contributed by atoms with Crippen molar-refractivity contribution >= 4 is 21.4 Å². The summed E-state index contributed by atoms with van der Waals surface area (Å²) in [5, 5.41) is 5.17. The molecule has 4 rings (SSSR count). The van der Waals surface area contributed by atoms with Crippen molar-refractivity contribution in [3.05, 3.63) is 63.2 Å². The summed E-state index contributed by atoms with van der Waals surface area (Å²) in [5.74, 6) is -2.14. The van der Waals surface area contributed by atoms with Crippen LogP contribution in [0.3, 0.4) is 0 Å². The van der Waals surface area contributed by atoms with Gasteiger partial charge in [0.15, 0.2) is 6.10 Å². The third-order valence-electron chi connectivity index (χ3n) is 5.25. The molecular weight excluding hydrogens is 408 g/mol. The molecule has 2 aromatic rings. The quantitative estimate of drug-likeness (QED) is 0.691. The SMILES string of the molecule is O=S1(=O)c2ccc(C3CCCc4cc(F)cc(F)c43)c(Cl)c2C(O)C1(F)F. The zero-order valence-corrected chi connectivity index (χ0v) is 15.2. The van der Waals surface area contributed by atoms with Gasteiger partial charge >= 0.3 is 5.25 Å². The number of benzene rings is 2. The van der Waals surface area contributed by atoms with Gasteiger partial charge in [0.25, 0.3) is 0 Å². The number of aliphatic hydroxyl groups excluding tert-OH is 1. The summed E-state index contributed by atoms with van der Waals surface area (Å²) >= 11 is 6.23. The van der Waals surface area contributed by atoms with Crippen LogP contribution in [-0.4, -0.2) is 18.8 Å². The van der Waals surface area contributed by atoms with Gasteiger partial charge in [0, 0.05) is 17.5 Å². The second-order valence-corrected chi connectivity index (χ2v) is 9.12. The zero-order chi connectivity index (χ0) is 19.7. The molecular formula is C18H13ClF4O3S. The average molecular weight is 421 g/mol. The standard InChI is InChI=1S/C18H13ClF4O3S/c19-16-11(4-5-13-15(16)17(24)18(22,23)27(13,25)26)10-3-1-2-8-6-9(20)7-12(21)14(8)10/h4-7,10,17,24H,1-3H2. The highest BCUT2D eigenvalue weighted by molar-refractivity contribution is 7.92. The van der Waals surface area contributed by atoms with Crippen LogP contribution >= 0.6 is 11.6 Å². The van der Waals surface area contributed by atoms with Gasteiger partial charge in [-0.05, 0) is 48.1 Å². The highest BCUT2D eigenvalue weighted by Gasteiger charge is 2.61. The first-order valence-corrected chi connectivity index (χ1v) is 10.0. The Morgan fingerprint density at radius 2 is 1.85 bits per heavy atom. The maximum absolute atomic E-state index is 14.4. The third kappa shape index (κ3) is 2.46. The molecule has 1 aliphatic heterocycles. The van der Waals surface area contributed by atoms with E-state index < -0.39 is 49.2 Å². The van der Waals surface area contributed by atoms with E-state index in [-0.39, 0.29) is 16.1 Å². The van der Waals surface area contributed by atoms with Gasteiger partial charge in [-0.25, -0.2) is 17.2 Å². The van der Waals surface area contributed by atoms with Crippen molar-refractivity contribution in [3.63, 3.8) is 0 Å². The first kappa shape index (κ1) is 18.7. The predicted octanol–water partition coefficient (Wildman–Crippen LogP) is 4.50. The molecule has 27 heavy (non-hydrogen) atoms. The van der Waals surface area contributed by atoms with Crippen molar-refractivity contribution in [3.8, 4) is 0 Å². The second-order valence-electron chi connectivity index (χ2n) is 6.75. The van der Waals surface area contributed by atoms with Crippen molar-refractivity contribution in [2.45, 2.75) is 41.4 Å². The van der Waals surface area contributed by atoms with Gasteiger partial charge in [-0.2, -0.15) is 8.78 Å². The minimum atomic E-state index is -5.07. The number of alkyl halides is 2. The van der Waals surface area contributed by atoms with Crippen LogP contribution in [-0.2, 0) is 16.3 Å². The summed E-state index contributed by atoms with van der Waals surface area (Å²) in [7, 11) is -5.07. The summed E-state index contributed by atoms with van der Waals surface area (Å²) in [6.07, 6.45) is -1.14. The Bertz CT molecular complexity index is 1070. The van der Waals surface area contributed by atoms with Crippen molar-refractivity contribution in [2.24, 2.45) is 0 Å². The van der Waals surface area contributed by atoms with E-state index in [0.29, 0.717) is 24.8 Å². The number of aliphatic hydroxyl groups is 1. The van der Waals surface area contributed by atoms with Gasteiger partial charge in [0.1, 0.15) is 11.6 Å². The largest absolute Gasteiger partial charge is 0.381 e. The molecule has 2 unspecified atom stereocenters. The number of sulfone groups is 1. The highest BCUT2D eigenvalue weighted by Crippen LogP contribution is 2.53. The molecule has 3 nitrogen and oxygen atoms in total. The fourth-order valence-corrected chi connectivity index (χ4v) is 5.91. The molecule has 0 bridgehead atoms. The third-order valence-corrected chi connectivity index (χ3v) is 7.55. The summed E-state index contributed by atoms with van der Waals surface area (Å²) < 4.78 is 79.9. The normalized spacial score (nSPS) is 25.1. The molecule has 144 valence electrons. The van der Waals surface area contributed by atoms with E-state index in [9.17, 15) is 31.1 Å². The molecule has 2 aromatic carbocycles. The molecule has 0 aromatic heterocycles. The summed E-state index contributed by atoms with van der Waals surface area (Å²) in [5.41, 5.74) is 0.327. The maximum atomic E-state index is 14.4. The average Bonchev–Trinajstić information content (AvgIpc) is 2.72. The molecule has 1 heterocycles. The lowest BCUT2D eigenvalue weighted by Gasteiger charge is -2.28. The van der Waals surface area contributed by atoms with Crippen molar-refractivity contribution in [1.29, 1.82) is 0 Å². The molecule has 9 heteroatoms. The summed E-state index contributed by atoms with van der Waals surface area (Å²) in [6, 6.07) is 4.19. The fraction of sp³-hybridized carbons (Fsp3) is 0.333. The van der Waals surface area contributed by atoms with E-state index in [2.05, 4.69) is 0 Å². The Kier molecular flexibility index (Phi) is 4.11. The maximum Gasteiger partial charge on any atom is 0.379 e. The van der Waals surface area contributed by atoms with Crippen LogP contribution in [0.4, 0.5) is 17.6 Å². The molecule has 0 fully saturated rings. The number of halogens is 5. The van der Waals surface area contributed by atoms with Gasteiger partial charge in [0.05, 0.1) is 9.92 Å². The van der Waals surface area contributed by atoms with Gasteiger partial charge in [0.2, 0.25) is 9.84 Å². The fourth-order valence-electron chi connectivity index (χ4n) is 4.00. The molecule has 2 atom stereocenters. The van der Waals surface area contributed by atoms with Crippen molar-refractivity contribution in [1.82, 2.24) is 0 Å².